The molecule has 2 fully saturated rings. The highest BCUT2D eigenvalue weighted by atomic mass is 15.3. The van der Waals surface area contributed by atoms with Crippen LogP contribution in [0.2, 0.25) is 0 Å². The van der Waals surface area contributed by atoms with Gasteiger partial charge < -0.3 is 9.80 Å². The quantitative estimate of drug-likeness (QED) is 0.835. The van der Waals surface area contributed by atoms with Gasteiger partial charge in [0.15, 0.2) is 0 Å². The van der Waals surface area contributed by atoms with Crippen LogP contribution < -0.4 is 9.80 Å². The van der Waals surface area contributed by atoms with Gasteiger partial charge in [0.1, 0.15) is 23.8 Å². The van der Waals surface area contributed by atoms with Crippen LogP contribution in [0, 0.1) is 25.7 Å². The summed E-state index contributed by atoms with van der Waals surface area (Å²) >= 11 is 0. The Kier molecular flexibility index (Phi) is 3.40. The van der Waals surface area contributed by atoms with E-state index in [1.165, 1.54) is 23.5 Å². The Morgan fingerprint density at radius 3 is 2.44 bits per heavy atom. The van der Waals surface area contributed by atoms with E-state index in [0.717, 1.165) is 56.4 Å². The molecule has 2 saturated heterocycles. The number of rotatable bonds is 2. The molecule has 5 rings (SSSR count). The minimum atomic E-state index is 0.697. The van der Waals surface area contributed by atoms with Crippen molar-refractivity contribution in [2.24, 2.45) is 11.8 Å². The van der Waals surface area contributed by atoms with Crippen LogP contribution in [0.4, 0.5) is 11.6 Å². The largest absolute Gasteiger partial charge is 0.356 e. The van der Waals surface area contributed by atoms with Crippen LogP contribution in [-0.2, 0) is 12.8 Å². The highest BCUT2D eigenvalue weighted by Gasteiger charge is 2.41. The van der Waals surface area contributed by atoms with E-state index in [-0.39, 0.29) is 0 Å². The molecule has 0 amide bonds. The number of hydrogen-bond acceptors (Lipinski definition) is 6. The predicted octanol–water partition coefficient (Wildman–Crippen LogP) is 1.94. The highest BCUT2D eigenvalue weighted by Crippen LogP contribution is 2.38. The Morgan fingerprint density at radius 2 is 1.68 bits per heavy atom. The van der Waals surface area contributed by atoms with Crippen molar-refractivity contribution < 1.29 is 0 Å². The van der Waals surface area contributed by atoms with Crippen LogP contribution >= 0.6 is 0 Å². The predicted molar refractivity (Wildman–Crippen MR) is 97.0 cm³/mol. The third-order valence-corrected chi connectivity index (χ3v) is 5.92. The molecule has 6 heteroatoms. The van der Waals surface area contributed by atoms with Crippen molar-refractivity contribution in [2.75, 3.05) is 36.0 Å². The van der Waals surface area contributed by atoms with Crippen LogP contribution in [0.15, 0.2) is 12.4 Å². The molecule has 0 aromatic carbocycles. The van der Waals surface area contributed by atoms with E-state index in [9.17, 15) is 0 Å². The van der Waals surface area contributed by atoms with E-state index in [1.54, 1.807) is 6.33 Å². The average molecular weight is 336 g/mol. The maximum atomic E-state index is 4.82. The first-order valence-corrected chi connectivity index (χ1v) is 9.32. The van der Waals surface area contributed by atoms with Gasteiger partial charge in [0.2, 0.25) is 0 Å². The fraction of sp³-hybridized carbons (Fsp3) is 0.579. The first-order chi connectivity index (χ1) is 12.2. The third-order valence-electron chi connectivity index (χ3n) is 5.92. The molecule has 6 nitrogen and oxygen atoms in total. The Balaban J connectivity index is 1.35. The fourth-order valence-electron chi connectivity index (χ4n) is 4.76. The standard InChI is InChI=1S/C19H24N6/c1-12-6-18(21-11-20-12)24-7-14-9-25(10-15(14)8-24)19-16-4-3-5-17(16)22-13(2)23-19/h6,11,14-15H,3-5,7-10H2,1-2H3. The fourth-order valence-corrected chi connectivity index (χ4v) is 4.76. The van der Waals surface area contributed by atoms with Crippen LogP contribution in [0.5, 0.6) is 0 Å². The lowest BCUT2D eigenvalue weighted by atomic mass is 10.0. The van der Waals surface area contributed by atoms with Crippen molar-refractivity contribution in [1.82, 2.24) is 19.9 Å². The average Bonchev–Trinajstić information content (AvgIpc) is 3.27. The molecule has 4 heterocycles. The Bertz CT molecular complexity index is 806. The summed E-state index contributed by atoms with van der Waals surface area (Å²) in [6.45, 7) is 8.44. The molecule has 2 unspecified atom stereocenters. The lowest BCUT2D eigenvalue weighted by Gasteiger charge is -2.24. The van der Waals surface area contributed by atoms with Gasteiger partial charge in [-0.1, -0.05) is 0 Å². The molecule has 25 heavy (non-hydrogen) atoms. The molecule has 0 radical (unpaired) electrons. The van der Waals surface area contributed by atoms with Gasteiger partial charge in [0.25, 0.3) is 0 Å². The van der Waals surface area contributed by atoms with E-state index in [1.807, 2.05) is 13.8 Å². The smallest absolute Gasteiger partial charge is 0.135 e. The van der Waals surface area contributed by atoms with Gasteiger partial charge in [-0.25, -0.2) is 19.9 Å². The van der Waals surface area contributed by atoms with Crippen molar-refractivity contribution in [2.45, 2.75) is 33.1 Å². The first kappa shape index (κ1) is 15.0. The SMILES string of the molecule is Cc1cc(N2CC3CN(c4nc(C)nc5c4CCC5)CC3C2)ncn1. The van der Waals surface area contributed by atoms with Crippen molar-refractivity contribution in [3.05, 3.63) is 35.2 Å². The number of aromatic nitrogens is 4. The molecule has 0 spiro atoms. The molecule has 0 bridgehead atoms. The third kappa shape index (κ3) is 2.55. The maximum absolute atomic E-state index is 4.82. The summed E-state index contributed by atoms with van der Waals surface area (Å²) in [4.78, 5) is 23.1. The minimum Gasteiger partial charge on any atom is -0.356 e. The second kappa shape index (κ2) is 5.64. The number of fused-ring (bicyclic) bond motifs is 2. The summed E-state index contributed by atoms with van der Waals surface area (Å²) in [6, 6.07) is 2.10. The zero-order valence-corrected chi connectivity index (χ0v) is 14.9. The lowest BCUT2D eigenvalue weighted by Crippen LogP contribution is -2.30. The molecular formula is C19H24N6. The molecule has 0 N–H and O–H groups in total. The van der Waals surface area contributed by atoms with E-state index >= 15 is 0 Å². The summed E-state index contributed by atoms with van der Waals surface area (Å²) in [6.07, 6.45) is 5.16. The van der Waals surface area contributed by atoms with Crippen molar-refractivity contribution >= 4 is 11.6 Å². The Morgan fingerprint density at radius 1 is 0.920 bits per heavy atom. The van der Waals surface area contributed by atoms with Crippen LogP contribution in [0.3, 0.4) is 0 Å². The van der Waals surface area contributed by atoms with E-state index < -0.39 is 0 Å². The van der Waals surface area contributed by atoms with Gasteiger partial charge in [-0.2, -0.15) is 0 Å². The van der Waals surface area contributed by atoms with Gasteiger partial charge in [0.05, 0.1) is 0 Å². The number of anilines is 2. The van der Waals surface area contributed by atoms with Gasteiger partial charge in [0, 0.05) is 61.0 Å². The van der Waals surface area contributed by atoms with Crippen LogP contribution in [-0.4, -0.2) is 46.1 Å². The molecule has 0 saturated carbocycles. The van der Waals surface area contributed by atoms with Gasteiger partial charge in [-0.15, -0.1) is 0 Å². The molecule has 2 atom stereocenters. The Hall–Kier alpha value is -2.24. The molecule has 1 aliphatic carbocycles. The van der Waals surface area contributed by atoms with Gasteiger partial charge in [-0.3, -0.25) is 0 Å². The zero-order chi connectivity index (χ0) is 17.0. The first-order valence-electron chi connectivity index (χ1n) is 9.32. The topological polar surface area (TPSA) is 58.0 Å². The van der Waals surface area contributed by atoms with Gasteiger partial charge in [-0.05, 0) is 33.1 Å². The second-order valence-electron chi connectivity index (χ2n) is 7.72. The monoisotopic (exact) mass is 336 g/mol. The maximum Gasteiger partial charge on any atom is 0.135 e. The zero-order valence-electron chi connectivity index (χ0n) is 14.9. The van der Waals surface area contributed by atoms with Crippen molar-refractivity contribution in [3.63, 3.8) is 0 Å². The van der Waals surface area contributed by atoms with E-state index in [4.69, 9.17) is 4.98 Å². The number of hydrogen-bond donors (Lipinski definition) is 0. The molecule has 2 aromatic rings. The van der Waals surface area contributed by atoms with Crippen LogP contribution in [0.25, 0.3) is 0 Å². The summed E-state index contributed by atoms with van der Waals surface area (Å²) in [5.41, 5.74) is 3.74. The van der Waals surface area contributed by atoms with E-state index in [2.05, 4.69) is 30.8 Å². The minimum absolute atomic E-state index is 0.697. The van der Waals surface area contributed by atoms with E-state index in [0.29, 0.717) is 11.8 Å². The molecule has 2 aliphatic heterocycles. The molecule has 2 aromatic heterocycles. The normalized spacial score (nSPS) is 24.7. The molecule has 130 valence electrons. The second-order valence-corrected chi connectivity index (χ2v) is 7.72. The summed E-state index contributed by atoms with van der Waals surface area (Å²) in [5, 5.41) is 0. The van der Waals surface area contributed by atoms with Crippen LogP contribution in [0.1, 0.15) is 29.2 Å². The van der Waals surface area contributed by atoms with Crippen molar-refractivity contribution in [1.29, 1.82) is 0 Å². The Labute approximate surface area is 148 Å². The number of aryl methyl sites for hydroxylation is 3. The summed E-state index contributed by atoms with van der Waals surface area (Å²) in [7, 11) is 0. The summed E-state index contributed by atoms with van der Waals surface area (Å²) < 4.78 is 0. The highest BCUT2D eigenvalue weighted by molar-refractivity contribution is 5.53. The number of nitrogens with zero attached hydrogens (tertiary/aromatic N) is 6. The lowest BCUT2D eigenvalue weighted by molar-refractivity contribution is 0.533. The van der Waals surface area contributed by atoms with Gasteiger partial charge >= 0.3 is 0 Å². The molecular weight excluding hydrogens is 312 g/mol. The summed E-state index contributed by atoms with van der Waals surface area (Å²) in [5.74, 6) is 4.61. The van der Waals surface area contributed by atoms with Crippen molar-refractivity contribution in [3.8, 4) is 0 Å². The molecule has 3 aliphatic rings.